The zero-order valence-electron chi connectivity index (χ0n) is 8.15. The third-order valence-electron chi connectivity index (χ3n) is 3.05. The Bertz CT molecular complexity index is 273. The lowest BCUT2D eigenvalue weighted by Gasteiger charge is -2.37. The minimum atomic E-state index is -0.933. The molecule has 15 heavy (non-hydrogen) atoms. The van der Waals surface area contributed by atoms with Crippen molar-refractivity contribution in [2.45, 2.75) is 29.9 Å². The molecule has 1 aliphatic carbocycles. The second-order valence-electron chi connectivity index (χ2n) is 3.99. The van der Waals surface area contributed by atoms with Gasteiger partial charge in [0.15, 0.2) is 0 Å². The van der Waals surface area contributed by atoms with Crippen LogP contribution in [-0.4, -0.2) is 62.2 Å². The van der Waals surface area contributed by atoms with Crippen molar-refractivity contribution in [1.82, 2.24) is 0 Å². The molecule has 1 saturated carbocycles. The fourth-order valence-corrected chi connectivity index (χ4v) is 3.50. The molecule has 1 fully saturated rings. The highest BCUT2D eigenvalue weighted by molar-refractivity contribution is 8.14. The van der Waals surface area contributed by atoms with Crippen LogP contribution in [-0.2, 0) is 0 Å². The normalized spacial score (nSPS) is 45.1. The minimum absolute atomic E-state index is 0.0719. The highest BCUT2D eigenvalue weighted by Crippen LogP contribution is 2.39. The van der Waals surface area contributed by atoms with Gasteiger partial charge in [-0.3, -0.25) is 4.99 Å². The summed E-state index contributed by atoms with van der Waals surface area (Å²) in [5.41, 5.74) is 0. The topological polar surface area (TPSA) is 93.3 Å². The average Bonchev–Trinajstić information content (AvgIpc) is 2.66. The number of hydrogen-bond acceptors (Lipinski definition) is 6. The third-order valence-corrected chi connectivity index (χ3v) is 4.33. The Kier molecular flexibility index (Phi) is 3.32. The number of thioether (sulfide) groups is 1. The molecular weight excluding hydrogens is 218 g/mol. The first-order valence-corrected chi connectivity index (χ1v) is 5.86. The van der Waals surface area contributed by atoms with Gasteiger partial charge >= 0.3 is 0 Å². The highest BCUT2D eigenvalue weighted by Gasteiger charge is 2.46. The number of nitrogens with zero attached hydrogens (tertiary/aromatic N) is 1. The monoisotopic (exact) mass is 233 g/mol. The van der Waals surface area contributed by atoms with Crippen LogP contribution in [0.25, 0.3) is 0 Å². The molecule has 86 valence electrons. The third kappa shape index (κ3) is 1.92. The molecular formula is C9H15NO4S. The van der Waals surface area contributed by atoms with Crippen LogP contribution < -0.4 is 0 Å². The van der Waals surface area contributed by atoms with Crippen LogP contribution in [0.5, 0.6) is 0 Å². The number of hydrogen-bond donors (Lipinski definition) is 4. The lowest BCUT2D eigenvalue weighted by Crippen LogP contribution is -2.51. The van der Waals surface area contributed by atoms with E-state index in [1.54, 1.807) is 0 Å². The number of aliphatic imine (C=N–C) groups is 1. The molecule has 0 bridgehead atoms. The lowest BCUT2D eigenvalue weighted by atomic mass is 9.81. The molecule has 1 heterocycles. The smallest absolute Gasteiger partial charge is 0.104 e. The van der Waals surface area contributed by atoms with Crippen LogP contribution in [0.1, 0.15) is 6.42 Å². The average molecular weight is 233 g/mol. The Labute approximate surface area is 91.8 Å². The molecule has 0 saturated heterocycles. The van der Waals surface area contributed by atoms with Crippen molar-refractivity contribution in [3.05, 3.63) is 0 Å². The summed E-state index contributed by atoms with van der Waals surface area (Å²) >= 11 is 1.44. The predicted octanol–water partition coefficient (Wildman–Crippen LogP) is -1.40. The second kappa shape index (κ2) is 4.39. The Morgan fingerprint density at radius 2 is 2.00 bits per heavy atom. The predicted molar refractivity (Wildman–Crippen MR) is 56.9 cm³/mol. The highest BCUT2D eigenvalue weighted by atomic mass is 32.2. The van der Waals surface area contributed by atoms with E-state index in [2.05, 4.69) is 4.99 Å². The lowest BCUT2D eigenvalue weighted by molar-refractivity contribution is -0.0646. The first-order chi connectivity index (χ1) is 7.17. The molecule has 1 aliphatic heterocycles. The van der Waals surface area contributed by atoms with Gasteiger partial charge in [-0.1, -0.05) is 0 Å². The van der Waals surface area contributed by atoms with Crippen molar-refractivity contribution < 1.29 is 20.4 Å². The molecule has 0 radical (unpaired) electrons. The van der Waals surface area contributed by atoms with Crippen molar-refractivity contribution >= 4 is 16.8 Å². The van der Waals surface area contributed by atoms with Crippen LogP contribution >= 0.6 is 11.8 Å². The summed E-state index contributed by atoms with van der Waals surface area (Å²) < 4.78 is 0. The summed E-state index contributed by atoms with van der Waals surface area (Å²) in [7, 11) is 0. The summed E-state index contributed by atoms with van der Waals surface area (Å²) in [5, 5.41) is 38.2. The molecule has 5 unspecified atom stereocenters. The fourth-order valence-electron chi connectivity index (χ4n) is 2.19. The van der Waals surface area contributed by atoms with Gasteiger partial charge in [-0.05, 0) is 6.42 Å². The minimum Gasteiger partial charge on any atom is -0.396 e. The van der Waals surface area contributed by atoms with Crippen molar-refractivity contribution in [1.29, 1.82) is 0 Å². The van der Waals surface area contributed by atoms with Gasteiger partial charge in [-0.15, -0.1) is 11.8 Å². The summed E-state index contributed by atoms with van der Waals surface area (Å²) in [6, 6.07) is -0.338. The molecule has 6 heteroatoms. The summed E-state index contributed by atoms with van der Waals surface area (Å²) in [5.74, 6) is -0.290. The molecule has 5 atom stereocenters. The van der Waals surface area contributed by atoms with Gasteiger partial charge in [0.25, 0.3) is 0 Å². The summed E-state index contributed by atoms with van der Waals surface area (Å²) in [6.07, 6.45) is -1.23. The van der Waals surface area contributed by atoms with E-state index in [4.69, 9.17) is 10.2 Å². The number of rotatable bonds is 2. The molecule has 0 aromatic rings. The SMILES string of the molecule is OCC1=NC2C(CC(CO)C(O)C2O)S1. The van der Waals surface area contributed by atoms with Crippen LogP contribution in [0.2, 0.25) is 0 Å². The van der Waals surface area contributed by atoms with Gasteiger partial charge in [0, 0.05) is 17.8 Å². The first-order valence-electron chi connectivity index (χ1n) is 4.98. The summed E-state index contributed by atoms with van der Waals surface area (Å²) in [6.45, 7) is -0.249. The molecule has 0 spiro atoms. The quantitative estimate of drug-likeness (QED) is 0.470. The van der Waals surface area contributed by atoms with Gasteiger partial charge in [0.2, 0.25) is 0 Å². The van der Waals surface area contributed by atoms with E-state index in [0.29, 0.717) is 11.5 Å². The number of fused-ring (bicyclic) bond motifs is 1. The zero-order chi connectivity index (χ0) is 11.0. The Morgan fingerprint density at radius 1 is 1.27 bits per heavy atom. The molecule has 4 N–H and O–H groups in total. The van der Waals surface area contributed by atoms with Gasteiger partial charge in [0.05, 0.1) is 23.8 Å². The van der Waals surface area contributed by atoms with Gasteiger partial charge in [-0.25, -0.2) is 0 Å². The first kappa shape index (κ1) is 11.3. The molecule has 2 rings (SSSR count). The van der Waals surface area contributed by atoms with E-state index < -0.39 is 12.2 Å². The van der Waals surface area contributed by atoms with Crippen LogP contribution in [0.3, 0.4) is 0 Å². The largest absolute Gasteiger partial charge is 0.396 e. The molecule has 0 aromatic heterocycles. The van der Waals surface area contributed by atoms with E-state index in [1.807, 2.05) is 0 Å². The maximum absolute atomic E-state index is 9.80. The van der Waals surface area contributed by atoms with E-state index >= 15 is 0 Å². The standard InChI is InChI=1S/C9H15NO4S/c11-2-4-1-5-7(9(14)8(4)13)10-6(3-12)15-5/h4-5,7-9,11-14H,1-3H2. The second-order valence-corrected chi connectivity index (χ2v) is 5.30. The Hall–Kier alpha value is -0.140. The van der Waals surface area contributed by atoms with Crippen LogP contribution in [0.4, 0.5) is 0 Å². The Balaban J connectivity index is 2.12. The van der Waals surface area contributed by atoms with Crippen LogP contribution in [0, 0.1) is 5.92 Å². The van der Waals surface area contributed by atoms with Crippen LogP contribution in [0.15, 0.2) is 4.99 Å². The number of aliphatic hydroxyl groups excluding tert-OH is 4. The van der Waals surface area contributed by atoms with Gasteiger partial charge in [0.1, 0.15) is 6.10 Å². The van der Waals surface area contributed by atoms with E-state index in [1.165, 1.54) is 11.8 Å². The Morgan fingerprint density at radius 3 is 2.60 bits per heavy atom. The van der Waals surface area contributed by atoms with Gasteiger partial charge < -0.3 is 20.4 Å². The molecule has 0 aromatic carbocycles. The van der Waals surface area contributed by atoms with Crippen molar-refractivity contribution in [3.63, 3.8) is 0 Å². The van der Waals surface area contributed by atoms with Crippen molar-refractivity contribution in [2.75, 3.05) is 13.2 Å². The van der Waals surface area contributed by atoms with Gasteiger partial charge in [-0.2, -0.15) is 0 Å². The van der Waals surface area contributed by atoms with Crippen molar-refractivity contribution in [2.24, 2.45) is 10.9 Å². The maximum atomic E-state index is 9.80. The molecule has 2 aliphatic rings. The van der Waals surface area contributed by atoms with E-state index in [9.17, 15) is 10.2 Å². The fraction of sp³-hybridized carbons (Fsp3) is 0.889. The summed E-state index contributed by atoms with van der Waals surface area (Å²) in [4.78, 5) is 4.17. The van der Waals surface area contributed by atoms with E-state index in [0.717, 1.165) is 0 Å². The number of aliphatic hydroxyl groups is 4. The zero-order valence-corrected chi connectivity index (χ0v) is 8.97. The maximum Gasteiger partial charge on any atom is 0.104 e. The molecule has 0 amide bonds. The molecule has 5 nitrogen and oxygen atoms in total. The van der Waals surface area contributed by atoms with E-state index in [-0.39, 0.29) is 30.4 Å². The van der Waals surface area contributed by atoms with Crippen molar-refractivity contribution in [3.8, 4) is 0 Å².